The quantitative estimate of drug-likeness (QED) is 0.343. The van der Waals surface area contributed by atoms with Gasteiger partial charge in [-0.25, -0.2) is 9.37 Å². The van der Waals surface area contributed by atoms with Crippen LogP contribution in [0.2, 0.25) is 0 Å². The minimum absolute atomic E-state index is 0.131. The molecule has 0 aliphatic heterocycles. The summed E-state index contributed by atoms with van der Waals surface area (Å²) in [6, 6.07) is 14.0. The molecule has 1 amide bonds. The van der Waals surface area contributed by atoms with Crippen LogP contribution in [0, 0.1) is 12.7 Å². The van der Waals surface area contributed by atoms with Crippen LogP contribution in [0.15, 0.2) is 65.3 Å². The van der Waals surface area contributed by atoms with Crippen LogP contribution in [0.3, 0.4) is 0 Å². The van der Waals surface area contributed by atoms with Gasteiger partial charge in [0.15, 0.2) is 16.1 Å². The lowest BCUT2D eigenvalue weighted by atomic mass is 10.1. The largest absolute Gasteiger partial charge is 0.360 e. The third-order valence-electron chi connectivity index (χ3n) is 4.75. The van der Waals surface area contributed by atoms with E-state index in [0.29, 0.717) is 21.8 Å². The van der Waals surface area contributed by atoms with Crippen molar-refractivity contribution < 1.29 is 9.18 Å². The molecule has 0 unspecified atom stereocenters. The minimum Gasteiger partial charge on any atom is -0.360 e. The van der Waals surface area contributed by atoms with E-state index >= 15 is 0 Å². The Balaban J connectivity index is 1.48. The number of hydrogen-bond donors (Lipinski definition) is 2. The van der Waals surface area contributed by atoms with E-state index in [1.807, 2.05) is 47.3 Å². The number of para-hydroxylation sites is 1. The van der Waals surface area contributed by atoms with Crippen LogP contribution in [-0.4, -0.2) is 36.4 Å². The summed E-state index contributed by atoms with van der Waals surface area (Å²) < 4.78 is 15.4. The monoisotopic (exact) mass is 464 g/mol. The molecular formula is C22H17FN6OS2. The number of amides is 1. The van der Waals surface area contributed by atoms with Gasteiger partial charge in [0.25, 0.3) is 0 Å². The Kier molecular flexibility index (Phi) is 5.46. The summed E-state index contributed by atoms with van der Waals surface area (Å²) in [6.45, 7) is 1.87. The van der Waals surface area contributed by atoms with E-state index in [0.717, 1.165) is 22.2 Å². The number of carbonyl (C=O) groups excluding carboxylic acids is 1. The number of hydrogen-bond acceptors (Lipinski definition) is 6. The summed E-state index contributed by atoms with van der Waals surface area (Å²) >= 11 is 2.63. The number of aromatic nitrogens is 5. The van der Waals surface area contributed by atoms with Crippen molar-refractivity contribution in [3.8, 4) is 17.1 Å². The number of anilines is 1. The maximum atomic E-state index is 13.6. The smallest absolute Gasteiger partial charge is 0.236 e. The van der Waals surface area contributed by atoms with Gasteiger partial charge < -0.3 is 10.3 Å². The first kappa shape index (κ1) is 20.4. The second-order valence-corrected chi connectivity index (χ2v) is 8.80. The van der Waals surface area contributed by atoms with E-state index in [2.05, 4.69) is 25.5 Å². The van der Waals surface area contributed by atoms with Gasteiger partial charge in [-0.2, -0.15) is 0 Å². The van der Waals surface area contributed by atoms with Gasteiger partial charge in [0.05, 0.1) is 11.4 Å². The Labute approximate surface area is 190 Å². The van der Waals surface area contributed by atoms with Crippen LogP contribution in [0.1, 0.15) is 5.69 Å². The van der Waals surface area contributed by atoms with Gasteiger partial charge in [0, 0.05) is 33.7 Å². The summed E-state index contributed by atoms with van der Waals surface area (Å²) in [7, 11) is 0. The number of thioether (sulfide) groups is 1. The van der Waals surface area contributed by atoms with Gasteiger partial charge in [-0.15, -0.1) is 21.5 Å². The highest BCUT2D eigenvalue weighted by atomic mass is 32.2. The topological polar surface area (TPSA) is 88.5 Å². The number of carbonyl (C=O) groups is 1. The zero-order valence-corrected chi connectivity index (χ0v) is 18.5. The van der Waals surface area contributed by atoms with Crippen molar-refractivity contribution in [1.82, 2.24) is 24.7 Å². The molecule has 0 atom stereocenters. The fourth-order valence-electron chi connectivity index (χ4n) is 3.31. The average Bonchev–Trinajstić information content (AvgIpc) is 3.51. The number of halogens is 1. The number of fused-ring (bicyclic) bond motifs is 1. The second-order valence-electron chi connectivity index (χ2n) is 7.00. The number of thiazole rings is 1. The Bertz CT molecular complexity index is 1410. The molecule has 0 aliphatic carbocycles. The maximum absolute atomic E-state index is 13.6. The van der Waals surface area contributed by atoms with E-state index in [1.165, 1.54) is 35.2 Å². The van der Waals surface area contributed by atoms with Crippen molar-refractivity contribution in [2.24, 2.45) is 0 Å². The van der Waals surface area contributed by atoms with E-state index in [1.54, 1.807) is 12.1 Å². The van der Waals surface area contributed by atoms with Crippen LogP contribution in [0.4, 0.5) is 9.52 Å². The molecule has 5 aromatic rings. The molecule has 32 heavy (non-hydrogen) atoms. The Hall–Kier alpha value is -3.50. The molecule has 0 radical (unpaired) electrons. The van der Waals surface area contributed by atoms with Crippen LogP contribution < -0.4 is 5.32 Å². The third-order valence-corrected chi connectivity index (χ3v) is 6.55. The first-order chi connectivity index (χ1) is 15.6. The molecule has 0 bridgehead atoms. The van der Waals surface area contributed by atoms with Gasteiger partial charge in [-0.1, -0.05) is 30.0 Å². The van der Waals surface area contributed by atoms with E-state index in [4.69, 9.17) is 0 Å². The van der Waals surface area contributed by atoms with Crippen molar-refractivity contribution >= 4 is 45.0 Å². The maximum Gasteiger partial charge on any atom is 0.236 e. The summed E-state index contributed by atoms with van der Waals surface area (Å²) in [5, 5.41) is 15.5. The third kappa shape index (κ3) is 4.02. The van der Waals surface area contributed by atoms with Crippen molar-refractivity contribution in [3.05, 3.63) is 71.6 Å². The standard InChI is InChI=1S/C22H17FN6OS2/c1-13-11-31-21(25-13)26-19(30)12-32-22-28-27-20(29(22)15-8-6-14(23)7-9-15)17-10-24-18-5-3-2-4-16(17)18/h2-11,24H,12H2,1H3,(H,25,26,30). The molecular weight excluding hydrogens is 447 g/mol. The molecule has 2 aromatic carbocycles. The van der Waals surface area contributed by atoms with E-state index in [-0.39, 0.29) is 17.5 Å². The molecule has 3 heterocycles. The molecule has 160 valence electrons. The molecule has 2 N–H and O–H groups in total. The van der Waals surface area contributed by atoms with Crippen LogP contribution in [0.25, 0.3) is 28.0 Å². The molecule has 0 saturated heterocycles. The Morgan fingerprint density at radius 3 is 2.78 bits per heavy atom. The predicted molar refractivity (Wildman–Crippen MR) is 125 cm³/mol. The Morgan fingerprint density at radius 2 is 2.00 bits per heavy atom. The molecule has 0 saturated carbocycles. The van der Waals surface area contributed by atoms with Crippen molar-refractivity contribution in [3.63, 3.8) is 0 Å². The summed E-state index contributed by atoms with van der Waals surface area (Å²) in [5.74, 6) is 0.216. The van der Waals surface area contributed by atoms with Gasteiger partial charge in [-0.05, 0) is 37.3 Å². The van der Waals surface area contributed by atoms with Crippen LogP contribution in [-0.2, 0) is 4.79 Å². The molecule has 7 nitrogen and oxygen atoms in total. The minimum atomic E-state index is -0.331. The number of H-pyrrole nitrogens is 1. The van der Waals surface area contributed by atoms with Crippen molar-refractivity contribution in [1.29, 1.82) is 0 Å². The first-order valence-electron chi connectivity index (χ1n) is 9.71. The lowest BCUT2D eigenvalue weighted by molar-refractivity contribution is -0.113. The molecule has 10 heteroatoms. The van der Waals surface area contributed by atoms with Gasteiger partial charge >= 0.3 is 0 Å². The highest BCUT2D eigenvalue weighted by molar-refractivity contribution is 7.99. The number of aryl methyl sites for hydroxylation is 1. The fraction of sp³-hybridized carbons (Fsp3) is 0.0909. The van der Waals surface area contributed by atoms with Crippen LogP contribution >= 0.6 is 23.1 Å². The average molecular weight is 465 g/mol. The highest BCUT2D eigenvalue weighted by Gasteiger charge is 2.20. The van der Waals surface area contributed by atoms with E-state index < -0.39 is 0 Å². The SMILES string of the molecule is Cc1csc(NC(=O)CSc2nnc(-c3c[nH]c4ccccc34)n2-c2ccc(F)cc2)n1. The molecule has 3 aromatic heterocycles. The van der Waals surface area contributed by atoms with Gasteiger partial charge in [-0.3, -0.25) is 9.36 Å². The zero-order valence-electron chi connectivity index (χ0n) is 16.9. The predicted octanol–water partition coefficient (Wildman–Crippen LogP) is 5.05. The van der Waals surface area contributed by atoms with E-state index in [9.17, 15) is 9.18 Å². The zero-order chi connectivity index (χ0) is 22.1. The summed E-state index contributed by atoms with van der Waals surface area (Å²) in [5.41, 5.74) is 3.41. The summed E-state index contributed by atoms with van der Waals surface area (Å²) in [4.78, 5) is 19.9. The molecule has 0 aliphatic rings. The Morgan fingerprint density at radius 1 is 1.19 bits per heavy atom. The fourth-order valence-corrected chi connectivity index (χ4v) is 4.77. The number of nitrogens with one attached hydrogen (secondary N) is 2. The number of nitrogens with zero attached hydrogens (tertiary/aromatic N) is 4. The lowest BCUT2D eigenvalue weighted by Gasteiger charge is -2.10. The van der Waals surface area contributed by atoms with Crippen molar-refractivity contribution in [2.45, 2.75) is 12.1 Å². The first-order valence-corrected chi connectivity index (χ1v) is 11.6. The second kappa shape index (κ2) is 8.56. The normalized spacial score (nSPS) is 11.2. The lowest BCUT2D eigenvalue weighted by Crippen LogP contribution is -2.14. The van der Waals surface area contributed by atoms with Gasteiger partial charge in [0.1, 0.15) is 5.82 Å². The number of rotatable bonds is 6. The molecule has 0 spiro atoms. The van der Waals surface area contributed by atoms with Crippen molar-refractivity contribution in [2.75, 3.05) is 11.1 Å². The summed E-state index contributed by atoms with van der Waals surface area (Å²) in [6.07, 6.45) is 1.88. The number of aromatic amines is 1. The molecule has 0 fully saturated rings. The van der Waals surface area contributed by atoms with Gasteiger partial charge in [0.2, 0.25) is 5.91 Å². The van der Waals surface area contributed by atoms with Crippen LogP contribution in [0.5, 0.6) is 0 Å². The molecule has 5 rings (SSSR count). The highest BCUT2D eigenvalue weighted by Crippen LogP contribution is 2.32. The number of benzene rings is 2.